The van der Waals surface area contributed by atoms with Gasteiger partial charge in [-0.1, -0.05) is 6.58 Å². The molecule has 1 unspecified atom stereocenters. The van der Waals surface area contributed by atoms with E-state index in [1.807, 2.05) is 0 Å². The summed E-state index contributed by atoms with van der Waals surface area (Å²) in [4.78, 5) is 0. The first-order valence-corrected chi connectivity index (χ1v) is 2.91. The minimum atomic E-state index is -0.229. The van der Waals surface area contributed by atoms with Crippen LogP contribution in [0.5, 0.6) is 0 Å². The van der Waals surface area contributed by atoms with E-state index in [0.717, 1.165) is 24.8 Å². The highest BCUT2D eigenvalue weighted by Crippen LogP contribution is 2.22. The molecule has 0 saturated heterocycles. The summed E-state index contributed by atoms with van der Waals surface area (Å²) in [5.74, 6) is 0. The van der Waals surface area contributed by atoms with Crippen LogP contribution in [0.2, 0.25) is 0 Å². The third-order valence-electron chi connectivity index (χ3n) is 1.55. The number of hydrogen-bond acceptors (Lipinski definition) is 1. The second-order valence-corrected chi connectivity index (χ2v) is 2.11. The van der Waals surface area contributed by atoms with Gasteiger partial charge in [-0.05, 0) is 24.8 Å². The lowest BCUT2D eigenvalue weighted by Gasteiger charge is -1.96. The Bertz CT molecular complexity index is 131. The number of aliphatic hydroxyl groups excluding tert-OH is 1. The number of aliphatic hydroxyl groups is 1. The smallest absolute Gasteiger partial charge is 0.0823 e. The maximum Gasteiger partial charge on any atom is 0.0823 e. The molecule has 0 aromatic heterocycles. The van der Waals surface area contributed by atoms with Crippen LogP contribution in [0, 0.1) is 0 Å². The first-order valence-electron chi connectivity index (χ1n) is 2.91. The molecule has 0 bridgehead atoms. The van der Waals surface area contributed by atoms with E-state index in [0.29, 0.717) is 0 Å². The van der Waals surface area contributed by atoms with Crippen LogP contribution in [0.25, 0.3) is 0 Å². The van der Waals surface area contributed by atoms with Gasteiger partial charge in [-0.2, -0.15) is 0 Å². The molecular formula is C7H10O. The molecule has 1 heteroatoms. The van der Waals surface area contributed by atoms with Crippen molar-refractivity contribution in [3.63, 3.8) is 0 Å². The Hall–Kier alpha value is -0.520. The van der Waals surface area contributed by atoms with Gasteiger partial charge in [0.05, 0.1) is 6.10 Å². The molecule has 0 radical (unpaired) electrons. The monoisotopic (exact) mass is 110 g/mol. The van der Waals surface area contributed by atoms with Crippen molar-refractivity contribution in [2.24, 2.45) is 0 Å². The highest BCUT2D eigenvalue weighted by Gasteiger charge is 2.16. The van der Waals surface area contributed by atoms with Gasteiger partial charge < -0.3 is 5.11 Å². The molecule has 1 nitrogen and oxygen atoms in total. The van der Waals surface area contributed by atoms with E-state index >= 15 is 0 Å². The van der Waals surface area contributed by atoms with Crippen molar-refractivity contribution in [3.8, 4) is 0 Å². The molecule has 0 aromatic carbocycles. The molecule has 0 amide bonds. The summed E-state index contributed by atoms with van der Waals surface area (Å²) in [5, 5.41) is 9.05. The minimum absolute atomic E-state index is 0.229. The normalized spacial score (nSPS) is 28.1. The van der Waals surface area contributed by atoms with E-state index < -0.39 is 0 Å². The SMILES string of the molecule is C=C=C1CCCC1O. The lowest BCUT2D eigenvalue weighted by Crippen LogP contribution is -1.99. The van der Waals surface area contributed by atoms with Gasteiger partial charge in [-0.25, -0.2) is 0 Å². The summed E-state index contributed by atoms with van der Waals surface area (Å²) in [6.07, 6.45) is 2.76. The second kappa shape index (κ2) is 2.17. The van der Waals surface area contributed by atoms with Gasteiger partial charge in [0.25, 0.3) is 0 Å². The molecule has 1 aliphatic rings. The fourth-order valence-electron chi connectivity index (χ4n) is 1.03. The predicted octanol–water partition coefficient (Wildman–Crippen LogP) is 1.24. The molecular weight excluding hydrogens is 100 g/mol. The third-order valence-corrected chi connectivity index (χ3v) is 1.55. The summed E-state index contributed by atoms with van der Waals surface area (Å²) in [6, 6.07) is 0. The van der Waals surface area contributed by atoms with Crippen LogP contribution in [-0.2, 0) is 0 Å². The van der Waals surface area contributed by atoms with Gasteiger partial charge in [0.15, 0.2) is 0 Å². The maximum atomic E-state index is 9.05. The summed E-state index contributed by atoms with van der Waals surface area (Å²) in [7, 11) is 0. The zero-order valence-electron chi connectivity index (χ0n) is 4.85. The molecule has 0 spiro atoms. The van der Waals surface area contributed by atoms with Crippen molar-refractivity contribution >= 4 is 0 Å². The van der Waals surface area contributed by atoms with Crippen LogP contribution in [0.1, 0.15) is 19.3 Å². The number of rotatable bonds is 0. The Balaban J connectivity index is 2.68. The van der Waals surface area contributed by atoms with Gasteiger partial charge >= 0.3 is 0 Å². The molecule has 44 valence electrons. The standard InChI is InChI=1S/C7H10O/c1-2-6-4-3-5-7(6)8/h7-8H,1,3-5H2. The molecule has 0 aliphatic heterocycles. The van der Waals surface area contributed by atoms with E-state index in [9.17, 15) is 0 Å². The molecule has 0 aromatic rings. The van der Waals surface area contributed by atoms with Crippen LogP contribution >= 0.6 is 0 Å². The predicted molar refractivity (Wildman–Crippen MR) is 32.5 cm³/mol. The van der Waals surface area contributed by atoms with E-state index in [4.69, 9.17) is 5.11 Å². The fraction of sp³-hybridized carbons (Fsp3) is 0.571. The Kier molecular flexibility index (Phi) is 1.52. The van der Waals surface area contributed by atoms with Crippen LogP contribution in [-0.4, -0.2) is 11.2 Å². The zero-order valence-corrected chi connectivity index (χ0v) is 4.85. The first-order chi connectivity index (χ1) is 3.84. The molecule has 1 aliphatic carbocycles. The third kappa shape index (κ3) is 0.835. The summed E-state index contributed by atoms with van der Waals surface area (Å²) in [6.45, 7) is 3.47. The van der Waals surface area contributed by atoms with Gasteiger partial charge in [0, 0.05) is 0 Å². The van der Waals surface area contributed by atoms with Crippen molar-refractivity contribution in [2.45, 2.75) is 25.4 Å². The van der Waals surface area contributed by atoms with Crippen molar-refractivity contribution in [1.82, 2.24) is 0 Å². The zero-order chi connectivity index (χ0) is 5.98. The van der Waals surface area contributed by atoms with Crippen molar-refractivity contribution in [2.75, 3.05) is 0 Å². The van der Waals surface area contributed by atoms with Crippen LogP contribution in [0.4, 0.5) is 0 Å². The van der Waals surface area contributed by atoms with E-state index in [-0.39, 0.29) is 6.10 Å². The number of hydrogen-bond donors (Lipinski definition) is 1. The summed E-state index contributed by atoms with van der Waals surface area (Å²) in [5.41, 5.74) is 3.72. The molecule has 8 heavy (non-hydrogen) atoms. The lowest BCUT2D eigenvalue weighted by atomic mass is 10.2. The van der Waals surface area contributed by atoms with Crippen molar-refractivity contribution in [3.05, 3.63) is 17.9 Å². The largest absolute Gasteiger partial charge is 0.388 e. The lowest BCUT2D eigenvalue weighted by molar-refractivity contribution is 0.218. The Morgan fingerprint density at radius 2 is 2.50 bits per heavy atom. The van der Waals surface area contributed by atoms with Crippen molar-refractivity contribution in [1.29, 1.82) is 0 Å². The summed E-state index contributed by atoms with van der Waals surface area (Å²) < 4.78 is 0. The van der Waals surface area contributed by atoms with Gasteiger partial charge in [0.2, 0.25) is 0 Å². The summed E-state index contributed by atoms with van der Waals surface area (Å²) >= 11 is 0. The van der Waals surface area contributed by atoms with Crippen LogP contribution in [0.15, 0.2) is 17.9 Å². The average molecular weight is 110 g/mol. The molecule has 1 saturated carbocycles. The minimum Gasteiger partial charge on any atom is -0.388 e. The average Bonchev–Trinajstić information content (AvgIpc) is 2.14. The quantitative estimate of drug-likeness (QED) is 0.465. The van der Waals surface area contributed by atoms with E-state index in [2.05, 4.69) is 12.3 Å². The van der Waals surface area contributed by atoms with E-state index in [1.54, 1.807) is 0 Å². The second-order valence-electron chi connectivity index (χ2n) is 2.11. The highest BCUT2D eigenvalue weighted by molar-refractivity contribution is 5.09. The Morgan fingerprint density at radius 1 is 1.75 bits per heavy atom. The van der Waals surface area contributed by atoms with Gasteiger partial charge in [0.1, 0.15) is 0 Å². The molecule has 1 rings (SSSR count). The molecule has 1 atom stereocenters. The van der Waals surface area contributed by atoms with E-state index in [1.165, 1.54) is 0 Å². The Labute approximate surface area is 49.3 Å². The Morgan fingerprint density at radius 3 is 2.75 bits per heavy atom. The maximum absolute atomic E-state index is 9.05. The fourth-order valence-corrected chi connectivity index (χ4v) is 1.03. The van der Waals surface area contributed by atoms with Crippen LogP contribution in [0.3, 0.4) is 0 Å². The molecule has 1 fully saturated rings. The molecule has 0 heterocycles. The van der Waals surface area contributed by atoms with Gasteiger partial charge in [-0.15, -0.1) is 5.73 Å². The first kappa shape index (κ1) is 5.61. The van der Waals surface area contributed by atoms with Crippen LogP contribution < -0.4 is 0 Å². The van der Waals surface area contributed by atoms with Gasteiger partial charge in [-0.3, -0.25) is 0 Å². The van der Waals surface area contributed by atoms with Crippen molar-refractivity contribution < 1.29 is 5.11 Å². The highest BCUT2D eigenvalue weighted by atomic mass is 16.3. The molecule has 1 N–H and O–H groups in total. The topological polar surface area (TPSA) is 20.2 Å².